The van der Waals surface area contributed by atoms with Crippen LogP contribution in [0.4, 0.5) is 5.82 Å². The Morgan fingerprint density at radius 3 is 2.58 bits per heavy atom. The van der Waals surface area contributed by atoms with E-state index in [-0.39, 0.29) is 0 Å². The number of rotatable bonds is 5. The number of piperidine rings is 3. The lowest BCUT2D eigenvalue weighted by Gasteiger charge is -2.57. The predicted molar refractivity (Wildman–Crippen MR) is 124 cm³/mol. The third kappa shape index (κ3) is 4.20. The topological polar surface area (TPSA) is 39.7 Å². The Morgan fingerprint density at radius 2 is 1.84 bits per heavy atom. The Hall–Kier alpha value is -2.40. The first kappa shape index (κ1) is 20.5. The zero-order chi connectivity index (χ0) is 21.4. The minimum absolute atomic E-state index is 0.327. The molecule has 31 heavy (non-hydrogen) atoms. The van der Waals surface area contributed by atoms with Gasteiger partial charge < -0.3 is 9.80 Å². The fourth-order valence-electron chi connectivity index (χ4n) is 6.15. The lowest BCUT2D eigenvalue weighted by molar-refractivity contribution is -0.152. The molecule has 0 unspecified atom stereocenters. The molecule has 164 valence electrons. The minimum atomic E-state index is 0.327. The zero-order valence-electron chi connectivity index (χ0n) is 18.8. The Kier molecular flexibility index (Phi) is 5.70. The third-order valence-corrected chi connectivity index (χ3v) is 7.53. The number of amides is 1. The van der Waals surface area contributed by atoms with Gasteiger partial charge in [-0.3, -0.25) is 9.69 Å². The van der Waals surface area contributed by atoms with Crippen LogP contribution in [0.2, 0.25) is 0 Å². The Labute approximate surface area is 186 Å². The highest BCUT2D eigenvalue weighted by atomic mass is 16.2. The fraction of sp³-hybridized carbons (Fsp3) is 0.538. The molecule has 1 aromatic carbocycles. The number of carbonyl (C=O) groups is 1. The third-order valence-electron chi connectivity index (χ3n) is 7.53. The summed E-state index contributed by atoms with van der Waals surface area (Å²) in [5.41, 5.74) is 2.63. The number of anilines is 1. The standard InChI is InChI=1S/C26H34N4O/c1-28(2)25-12-11-20(15-27-25)16-29-17-21-14-22(18-29)24(13-19-7-4-3-5-8-19)30-23(21)9-6-10-26(30)31/h3-5,7-8,11-12,15,21-24H,6,9-10,13-14,16-18H2,1-2H3/t21-,22+,23+,24+/m1/s1. The first-order valence-electron chi connectivity index (χ1n) is 11.8. The number of hydrogen-bond donors (Lipinski definition) is 0. The molecule has 4 atom stereocenters. The van der Waals surface area contributed by atoms with Gasteiger partial charge in [0.15, 0.2) is 0 Å². The molecule has 1 amide bonds. The van der Waals surface area contributed by atoms with E-state index in [2.05, 4.69) is 57.2 Å². The average molecular weight is 419 g/mol. The molecule has 3 fully saturated rings. The second kappa shape index (κ2) is 8.62. The van der Waals surface area contributed by atoms with Gasteiger partial charge in [-0.2, -0.15) is 0 Å². The van der Waals surface area contributed by atoms with Gasteiger partial charge >= 0.3 is 0 Å². The van der Waals surface area contributed by atoms with Gasteiger partial charge in [0, 0.05) is 58.4 Å². The number of fused-ring (bicyclic) bond motifs is 4. The molecule has 2 aromatic rings. The molecule has 0 saturated carbocycles. The van der Waals surface area contributed by atoms with Gasteiger partial charge in [0.1, 0.15) is 5.82 Å². The maximum absolute atomic E-state index is 13.0. The second-order valence-corrected chi connectivity index (χ2v) is 9.89. The number of hydrogen-bond acceptors (Lipinski definition) is 4. The Morgan fingerprint density at radius 1 is 1.03 bits per heavy atom. The summed E-state index contributed by atoms with van der Waals surface area (Å²) in [6.07, 6.45) is 7.22. The molecule has 1 aromatic heterocycles. The van der Waals surface area contributed by atoms with Crippen LogP contribution in [0.25, 0.3) is 0 Å². The van der Waals surface area contributed by atoms with E-state index in [0.29, 0.717) is 29.8 Å². The molecule has 0 spiro atoms. The van der Waals surface area contributed by atoms with E-state index < -0.39 is 0 Å². The molecule has 3 aliphatic rings. The van der Waals surface area contributed by atoms with E-state index in [1.54, 1.807) is 0 Å². The maximum Gasteiger partial charge on any atom is 0.223 e. The number of carbonyl (C=O) groups excluding carboxylic acids is 1. The largest absolute Gasteiger partial charge is 0.363 e. The summed E-state index contributed by atoms with van der Waals surface area (Å²) < 4.78 is 0. The van der Waals surface area contributed by atoms with Crippen molar-refractivity contribution in [2.24, 2.45) is 11.8 Å². The average Bonchev–Trinajstić information content (AvgIpc) is 2.78. The summed E-state index contributed by atoms with van der Waals surface area (Å²) >= 11 is 0. The van der Waals surface area contributed by atoms with Gasteiger partial charge in [0.2, 0.25) is 5.91 Å². The van der Waals surface area contributed by atoms with Gasteiger partial charge in [-0.05, 0) is 54.7 Å². The predicted octanol–water partition coefficient (Wildman–Crippen LogP) is 3.59. The van der Waals surface area contributed by atoms with E-state index in [0.717, 1.165) is 44.7 Å². The summed E-state index contributed by atoms with van der Waals surface area (Å²) in [6, 6.07) is 15.8. The van der Waals surface area contributed by atoms with Crippen molar-refractivity contribution in [2.45, 2.75) is 50.7 Å². The van der Waals surface area contributed by atoms with Crippen LogP contribution in [-0.4, -0.2) is 60.0 Å². The Bertz CT molecular complexity index is 897. The second-order valence-electron chi connectivity index (χ2n) is 9.89. The van der Waals surface area contributed by atoms with E-state index in [4.69, 9.17) is 0 Å². The molecule has 0 N–H and O–H groups in total. The van der Waals surface area contributed by atoms with Crippen LogP contribution in [0.5, 0.6) is 0 Å². The highest BCUT2D eigenvalue weighted by Crippen LogP contribution is 2.42. The van der Waals surface area contributed by atoms with Crippen molar-refractivity contribution in [3.05, 3.63) is 59.8 Å². The number of likely N-dealkylation sites (tertiary alicyclic amines) is 1. The van der Waals surface area contributed by atoms with Crippen molar-refractivity contribution in [2.75, 3.05) is 32.1 Å². The molecule has 0 aliphatic carbocycles. The first-order chi connectivity index (χ1) is 15.1. The molecule has 5 nitrogen and oxygen atoms in total. The van der Waals surface area contributed by atoms with Crippen LogP contribution < -0.4 is 4.90 Å². The van der Waals surface area contributed by atoms with Crippen molar-refractivity contribution >= 4 is 11.7 Å². The molecule has 5 heteroatoms. The van der Waals surface area contributed by atoms with Gasteiger partial charge in [-0.25, -0.2) is 4.98 Å². The molecule has 3 aliphatic heterocycles. The fourth-order valence-corrected chi connectivity index (χ4v) is 6.15. The summed E-state index contributed by atoms with van der Waals surface area (Å²) in [5, 5.41) is 0. The van der Waals surface area contributed by atoms with Crippen molar-refractivity contribution in [3.8, 4) is 0 Å². The van der Waals surface area contributed by atoms with Crippen molar-refractivity contribution in [1.29, 1.82) is 0 Å². The van der Waals surface area contributed by atoms with Crippen LogP contribution in [-0.2, 0) is 17.8 Å². The van der Waals surface area contributed by atoms with Crippen LogP contribution >= 0.6 is 0 Å². The van der Waals surface area contributed by atoms with Crippen molar-refractivity contribution in [1.82, 2.24) is 14.8 Å². The number of benzene rings is 1. The SMILES string of the molecule is CN(C)c1ccc(CN2C[C@H]3C[C@@H](C2)[C@H](Cc2ccccc2)N2C(=O)CCC[C@@H]32)cn1. The van der Waals surface area contributed by atoms with E-state index in [1.165, 1.54) is 24.0 Å². The number of aromatic nitrogens is 1. The van der Waals surface area contributed by atoms with Crippen LogP contribution in [0, 0.1) is 11.8 Å². The van der Waals surface area contributed by atoms with E-state index in [9.17, 15) is 4.79 Å². The first-order valence-corrected chi connectivity index (χ1v) is 11.8. The maximum atomic E-state index is 13.0. The Balaban J connectivity index is 1.36. The quantitative estimate of drug-likeness (QED) is 0.744. The molecular weight excluding hydrogens is 384 g/mol. The minimum Gasteiger partial charge on any atom is -0.363 e. The van der Waals surface area contributed by atoms with Crippen LogP contribution in [0.15, 0.2) is 48.7 Å². The molecule has 3 saturated heterocycles. The lowest BCUT2D eigenvalue weighted by atomic mass is 9.70. The van der Waals surface area contributed by atoms with E-state index >= 15 is 0 Å². The highest BCUT2D eigenvalue weighted by Gasteiger charge is 2.49. The molecule has 4 heterocycles. The number of nitrogens with zero attached hydrogens (tertiary/aromatic N) is 4. The number of pyridine rings is 1. The molecule has 0 radical (unpaired) electrons. The lowest BCUT2D eigenvalue weighted by Crippen LogP contribution is -2.65. The normalized spacial score (nSPS) is 28.3. The summed E-state index contributed by atoms with van der Waals surface area (Å²) in [4.78, 5) is 24.6. The van der Waals surface area contributed by atoms with Crippen LogP contribution in [0.3, 0.4) is 0 Å². The molecule has 5 rings (SSSR count). The van der Waals surface area contributed by atoms with Gasteiger partial charge in [0.25, 0.3) is 0 Å². The summed E-state index contributed by atoms with van der Waals surface area (Å²) in [5.74, 6) is 2.54. The van der Waals surface area contributed by atoms with Gasteiger partial charge in [0.05, 0.1) is 0 Å². The summed E-state index contributed by atoms with van der Waals surface area (Å²) in [6.45, 7) is 3.12. The van der Waals surface area contributed by atoms with Crippen molar-refractivity contribution in [3.63, 3.8) is 0 Å². The molecule has 2 bridgehead atoms. The smallest absolute Gasteiger partial charge is 0.223 e. The van der Waals surface area contributed by atoms with Gasteiger partial charge in [-0.15, -0.1) is 0 Å². The van der Waals surface area contributed by atoms with Crippen molar-refractivity contribution < 1.29 is 4.79 Å². The highest BCUT2D eigenvalue weighted by molar-refractivity contribution is 5.78. The van der Waals surface area contributed by atoms with E-state index in [1.807, 2.05) is 25.2 Å². The summed E-state index contributed by atoms with van der Waals surface area (Å²) in [7, 11) is 4.05. The van der Waals surface area contributed by atoms with Crippen LogP contribution in [0.1, 0.15) is 36.8 Å². The van der Waals surface area contributed by atoms with Gasteiger partial charge in [-0.1, -0.05) is 36.4 Å². The monoisotopic (exact) mass is 418 g/mol. The molecular formula is C26H34N4O. The zero-order valence-corrected chi connectivity index (χ0v) is 18.8.